The molecular weight excluding hydrogens is 356 g/mol. The van der Waals surface area contributed by atoms with Crippen LogP contribution in [0.4, 0.5) is 0 Å². The largest absolute Gasteiger partial charge is 0.481 e. The summed E-state index contributed by atoms with van der Waals surface area (Å²) in [5.41, 5.74) is 1.18. The fraction of sp³-hybridized carbons (Fsp3) is 0.522. The zero-order valence-electron chi connectivity index (χ0n) is 16.2. The van der Waals surface area contributed by atoms with Crippen molar-refractivity contribution in [3.05, 3.63) is 60.2 Å². The van der Waals surface area contributed by atoms with E-state index in [0.29, 0.717) is 32.1 Å². The molecule has 0 aliphatic heterocycles. The van der Waals surface area contributed by atoms with Crippen molar-refractivity contribution < 1.29 is 25.2 Å². The molecule has 5 atom stereocenters. The molecule has 0 spiro atoms. The van der Waals surface area contributed by atoms with Crippen LogP contribution in [0.5, 0.6) is 0 Å². The van der Waals surface area contributed by atoms with Gasteiger partial charge in [-0.15, -0.1) is 0 Å². The van der Waals surface area contributed by atoms with E-state index in [0.717, 1.165) is 6.42 Å². The summed E-state index contributed by atoms with van der Waals surface area (Å²) in [5.74, 6) is -1.08. The van der Waals surface area contributed by atoms with E-state index < -0.39 is 24.3 Å². The van der Waals surface area contributed by atoms with Crippen molar-refractivity contribution in [2.75, 3.05) is 0 Å². The number of benzene rings is 1. The topological polar surface area (TPSA) is 98.0 Å². The van der Waals surface area contributed by atoms with Gasteiger partial charge in [0.1, 0.15) is 0 Å². The lowest BCUT2D eigenvalue weighted by molar-refractivity contribution is -0.137. The van der Waals surface area contributed by atoms with Crippen molar-refractivity contribution in [2.45, 2.75) is 63.3 Å². The van der Waals surface area contributed by atoms with Gasteiger partial charge in [0.05, 0.1) is 18.3 Å². The lowest BCUT2D eigenvalue weighted by Crippen LogP contribution is -2.20. The van der Waals surface area contributed by atoms with Gasteiger partial charge in [0.2, 0.25) is 0 Å². The van der Waals surface area contributed by atoms with Crippen LogP contribution in [-0.4, -0.2) is 44.7 Å². The molecule has 1 aromatic rings. The summed E-state index contributed by atoms with van der Waals surface area (Å²) < 4.78 is 0. The van der Waals surface area contributed by atoms with Crippen LogP contribution in [-0.2, 0) is 11.2 Å². The number of rotatable bonds is 11. The van der Waals surface area contributed by atoms with E-state index in [1.54, 1.807) is 6.08 Å². The van der Waals surface area contributed by atoms with E-state index in [1.807, 2.05) is 48.6 Å². The highest BCUT2D eigenvalue weighted by atomic mass is 16.4. The van der Waals surface area contributed by atoms with Crippen LogP contribution in [0.1, 0.15) is 44.1 Å². The smallest absolute Gasteiger partial charge is 0.303 e. The Balaban J connectivity index is 1.82. The second kappa shape index (κ2) is 11.8. The minimum absolute atomic E-state index is 0.0942. The van der Waals surface area contributed by atoms with Gasteiger partial charge in [-0.2, -0.15) is 0 Å². The molecule has 1 fully saturated rings. The van der Waals surface area contributed by atoms with Crippen LogP contribution in [0.2, 0.25) is 0 Å². The molecule has 5 heteroatoms. The van der Waals surface area contributed by atoms with Gasteiger partial charge in [-0.1, -0.05) is 54.6 Å². The summed E-state index contributed by atoms with van der Waals surface area (Å²) in [5, 5.41) is 39.4. The predicted octanol–water partition coefficient (Wildman–Crippen LogP) is 3.10. The summed E-state index contributed by atoms with van der Waals surface area (Å²) in [7, 11) is 0. The van der Waals surface area contributed by atoms with E-state index in [4.69, 9.17) is 5.11 Å². The van der Waals surface area contributed by atoms with Crippen molar-refractivity contribution in [2.24, 2.45) is 11.8 Å². The molecule has 0 unspecified atom stereocenters. The maximum Gasteiger partial charge on any atom is 0.303 e. The highest BCUT2D eigenvalue weighted by molar-refractivity contribution is 5.66. The lowest BCUT2D eigenvalue weighted by atomic mass is 9.89. The molecule has 2 rings (SSSR count). The fourth-order valence-corrected chi connectivity index (χ4v) is 3.76. The van der Waals surface area contributed by atoms with Gasteiger partial charge < -0.3 is 20.4 Å². The van der Waals surface area contributed by atoms with Crippen molar-refractivity contribution in [3.63, 3.8) is 0 Å². The van der Waals surface area contributed by atoms with Crippen molar-refractivity contribution in [3.8, 4) is 0 Å². The molecule has 28 heavy (non-hydrogen) atoms. The number of hydrogen-bond donors (Lipinski definition) is 4. The molecule has 0 aromatic heterocycles. The van der Waals surface area contributed by atoms with Gasteiger partial charge in [-0.25, -0.2) is 0 Å². The molecule has 0 bridgehead atoms. The number of aliphatic hydroxyl groups is 3. The Labute approximate surface area is 167 Å². The Kier molecular flexibility index (Phi) is 9.41. The Hall–Kier alpha value is -1.95. The number of allylic oxidation sites excluding steroid dienone is 2. The molecule has 0 saturated heterocycles. The summed E-state index contributed by atoms with van der Waals surface area (Å²) in [6.45, 7) is 0. The average molecular weight is 389 g/mol. The molecular formula is C23H32O5. The summed E-state index contributed by atoms with van der Waals surface area (Å²) in [6, 6.07) is 9.99. The Morgan fingerprint density at radius 1 is 1.14 bits per heavy atom. The first-order chi connectivity index (χ1) is 13.5. The average Bonchev–Trinajstić information content (AvgIpc) is 2.94. The van der Waals surface area contributed by atoms with Gasteiger partial charge in [-0.05, 0) is 43.6 Å². The minimum Gasteiger partial charge on any atom is -0.481 e. The number of aryl methyl sites for hydroxylation is 1. The quantitative estimate of drug-likeness (QED) is 0.345. The summed E-state index contributed by atoms with van der Waals surface area (Å²) in [4.78, 5) is 10.5. The van der Waals surface area contributed by atoms with Crippen molar-refractivity contribution in [1.82, 2.24) is 0 Å². The second-order valence-electron chi connectivity index (χ2n) is 7.58. The van der Waals surface area contributed by atoms with Crippen LogP contribution < -0.4 is 0 Å². The predicted molar refractivity (Wildman–Crippen MR) is 109 cm³/mol. The van der Waals surface area contributed by atoms with Crippen LogP contribution in [0.15, 0.2) is 54.6 Å². The van der Waals surface area contributed by atoms with E-state index in [2.05, 4.69) is 0 Å². The number of carboxylic acid groups (broad SMARTS) is 1. The third-order valence-corrected chi connectivity index (χ3v) is 5.38. The van der Waals surface area contributed by atoms with E-state index in [1.165, 1.54) is 5.56 Å². The number of aliphatic hydroxyl groups excluding tert-OH is 3. The number of unbranched alkanes of at least 4 members (excludes halogenated alkanes) is 1. The van der Waals surface area contributed by atoms with Crippen LogP contribution >= 0.6 is 0 Å². The summed E-state index contributed by atoms with van der Waals surface area (Å²) >= 11 is 0. The maximum absolute atomic E-state index is 10.5. The highest BCUT2D eigenvalue weighted by Crippen LogP contribution is 2.36. The molecule has 4 N–H and O–H groups in total. The van der Waals surface area contributed by atoms with Gasteiger partial charge in [-0.3, -0.25) is 4.79 Å². The van der Waals surface area contributed by atoms with Crippen molar-refractivity contribution in [1.29, 1.82) is 0 Å². The van der Waals surface area contributed by atoms with Gasteiger partial charge >= 0.3 is 5.97 Å². The SMILES string of the molecule is O=C(O)CCC/C=C\C[C@H]1[C@@H](/C=C/[C@H](O)CCc2ccccc2)[C@@H](O)C[C@@H]1O. The highest BCUT2D eigenvalue weighted by Gasteiger charge is 2.39. The van der Waals surface area contributed by atoms with Crippen LogP contribution in [0.25, 0.3) is 0 Å². The summed E-state index contributed by atoms with van der Waals surface area (Å²) in [6.07, 6.45) is 9.51. The normalized spacial score (nSPS) is 26.2. The fourth-order valence-electron chi connectivity index (χ4n) is 3.76. The van der Waals surface area contributed by atoms with E-state index in [9.17, 15) is 20.1 Å². The van der Waals surface area contributed by atoms with Crippen LogP contribution in [0, 0.1) is 11.8 Å². The van der Waals surface area contributed by atoms with Gasteiger partial charge in [0.25, 0.3) is 0 Å². The molecule has 1 aromatic carbocycles. The Bertz CT molecular complexity index is 640. The first-order valence-electron chi connectivity index (χ1n) is 10.1. The molecule has 0 amide bonds. The van der Waals surface area contributed by atoms with E-state index in [-0.39, 0.29) is 18.3 Å². The van der Waals surface area contributed by atoms with Crippen molar-refractivity contribution >= 4 is 5.97 Å². The number of aliphatic carboxylic acids is 1. The monoisotopic (exact) mass is 388 g/mol. The maximum atomic E-state index is 10.5. The second-order valence-corrected chi connectivity index (χ2v) is 7.58. The van der Waals surface area contributed by atoms with Crippen LogP contribution in [0.3, 0.4) is 0 Å². The zero-order valence-corrected chi connectivity index (χ0v) is 16.2. The molecule has 5 nitrogen and oxygen atoms in total. The first-order valence-corrected chi connectivity index (χ1v) is 10.1. The third kappa shape index (κ3) is 7.58. The Morgan fingerprint density at radius 3 is 2.61 bits per heavy atom. The van der Waals surface area contributed by atoms with E-state index >= 15 is 0 Å². The van der Waals surface area contributed by atoms with Gasteiger partial charge in [0.15, 0.2) is 0 Å². The number of hydrogen-bond acceptors (Lipinski definition) is 4. The third-order valence-electron chi connectivity index (χ3n) is 5.38. The molecule has 1 saturated carbocycles. The molecule has 154 valence electrons. The molecule has 1 aliphatic carbocycles. The zero-order chi connectivity index (χ0) is 20.4. The Morgan fingerprint density at radius 2 is 1.89 bits per heavy atom. The lowest BCUT2D eigenvalue weighted by Gasteiger charge is -2.19. The molecule has 1 aliphatic rings. The minimum atomic E-state index is -0.793. The molecule has 0 heterocycles. The number of carboxylic acids is 1. The standard InChI is InChI=1S/C23H32O5/c24-18(13-12-17-8-4-3-5-9-17)14-15-20-19(21(25)16-22(20)26)10-6-1-2-7-11-23(27)28/h1,3-6,8-9,14-15,18-22,24-26H,2,7,10-13,16H2,(H,27,28)/b6-1-,15-14+/t18-,19+,20-,21+,22+/m1/s1. The first kappa shape index (κ1) is 22.3. The van der Waals surface area contributed by atoms with Gasteiger partial charge in [0, 0.05) is 18.8 Å². The number of carbonyl (C=O) groups is 1. The molecule has 0 radical (unpaired) electrons.